The number of piperidine rings is 1. The number of β-amino-alcohol motifs (C(OH)–C–C–N with tert-alkyl or cyclic N) is 1. The van der Waals surface area contributed by atoms with Crippen LogP contribution in [-0.2, 0) is 0 Å². The molecule has 1 N–H and O–H groups in total. The van der Waals surface area contributed by atoms with Gasteiger partial charge in [-0.1, -0.05) is 19.3 Å². The Balaban J connectivity index is 1.83. The second-order valence-corrected chi connectivity index (χ2v) is 6.23. The molecule has 0 aromatic carbocycles. The van der Waals surface area contributed by atoms with E-state index in [4.69, 9.17) is 5.26 Å². The van der Waals surface area contributed by atoms with Crippen LogP contribution in [0, 0.1) is 16.7 Å². The summed E-state index contributed by atoms with van der Waals surface area (Å²) in [5, 5.41) is 19.6. The van der Waals surface area contributed by atoms with E-state index < -0.39 is 5.60 Å². The van der Waals surface area contributed by atoms with Crippen molar-refractivity contribution < 1.29 is 5.11 Å². The van der Waals surface area contributed by atoms with E-state index in [9.17, 15) is 5.11 Å². The molecule has 17 heavy (non-hydrogen) atoms. The third-order valence-corrected chi connectivity index (χ3v) is 4.53. The highest BCUT2D eigenvalue weighted by atomic mass is 16.3. The standard InChI is InChI=1S/C14H24N2O/c1-13(11-15)7-9-16(10-8-13)12-14(17)5-3-2-4-6-14/h17H,2-10,12H2,1H3. The predicted octanol–water partition coefficient (Wildman–Crippen LogP) is 2.31. The van der Waals surface area contributed by atoms with Crippen LogP contribution in [0.1, 0.15) is 51.9 Å². The zero-order valence-electron chi connectivity index (χ0n) is 10.9. The van der Waals surface area contributed by atoms with Crippen LogP contribution in [-0.4, -0.2) is 35.2 Å². The highest BCUT2D eigenvalue weighted by molar-refractivity contribution is 4.99. The first-order valence-corrected chi connectivity index (χ1v) is 6.91. The van der Waals surface area contributed by atoms with Gasteiger partial charge >= 0.3 is 0 Å². The van der Waals surface area contributed by atoms with Crippen LogP contribution in [0.15, 0.2) is 0 Å². The Labute approximate surface area is 104 Å². The summed E-state index contributed by atoms with van der Waals surface area (Å²) in [6.07, 6.45) is 7.41. The van der Waals surface area contributed by atoms with Crippen LogP contribution >= 0.6 is 0 Å². The SMILES string of the molecule is CC1(C#N)CCN(CC2(O)CCCCC2)CC1. The first-order valence-electron chi connectivity index (χ1n) is 6.91. The summed E-state index contributed by atoms with van der Waals surface area (Å²) in [4.78, 5) is 2.35. The lowest BCUT2D eigenvalue weighted by Crippen LogP contribution is -2.48. The Morgan fingerprint density at radius 2 is 1.71 bits per heavy atom. The average molecular weight is 236 g/mol. The van der Waals surface area contributed by atoms with Gasteiger partial charge in [-0.2, -0.15) is 5.26 Å². The van der Waals surface area contributed by atoms with E-state index in [0.29, 0.717) is 0 Å². The van der Waals surface area contributed by atoms with Crippen LogP contribution < -0.4 is 0 Å². The van der Waals surface area contributed by atoms with Crippen molar-refractivity contribution in [2.75, 3.05) is 19.6 Å². The zero-order chi connectivity index (χ0) is 12.4. The van der Waals surface area contributed by atoms with Gasteiger partial charge < -0.3 is 10.0 Å². The molecule has 0 radical (unpaired) electrons. The molecular weight excluding hydrogens is 212 g/mol. The number of hydrogen-bond acceptors (Lipinski definition) is 3. The Morgan fingerprint density at radius 3 is 2.24 bits per heavy atom. The van der Waals surface area contributed by atoms with Gasteiger partial charge in [-0.25, -0.2) is 0 Å². The molecule has 0 bridgehead atoms. The molecular formula is C14H24N2O. The monoisotopic (exact) mass is 236 g/mol. The molecule has 0 aromatic heterocycles. The molecule has 0 amide bonds. The maximum atomic E-state index is 10.5. The predicted molar refractivity (Wildman–Crippen MR) is 67.4 cm³/mol. The maximum Gasteiger partial charge on any atom is 0.0774 e. The lowest BCUT2D eigenvalue weighted by Gasteiger charge is -2.41. The molecule has 2 aliphatic rings. The summed E-state index contributed by atoms with van der Waals surface area (Å²) < 4.78 is 0. The summed E-state index contributed by atoms with van der Waals surface area (Å²) in [5.41, 5.74) is -0.579. The fourth-order valence-corrected chi connectivity index (χ4v) is 3.10. The molecule has 0 unspecified atom stereocenters. The minimum absolute atomic E-state index is 0.133. The summed E-state index contributed by atoms with van der Waals surface area (Å²) in [7, 11) is 0. The molecule has 3 heteroatoms. The lowest BCUT2D eigenvalue weighted by molar-refractivity contribution is -0.0348. The summed E-state index contributed by atoms with van der Waals surface area (Å²) in [5.74, 6) is 0. The normalized spacial score (nSPS) is 28.5. The van der Waals surface area contributed by atoms with Crippen molar-refractivity contribution in [1.29, 1.82) is 5.26 Å². The lowest BCUT2D eigenvalue weighted by atomic mass is 9.80. The van der Waals surface area contributed by atoms with Gasteiger partial charge in [0.2, 0.25) is 0 Å². The molecule has 96 valence electrons. The smallest absolute Gasteiger partial charge is 0.0774 e. The van der Waals surface area contributed by atoms with Crippen LogP contribution in [0.4, 0.5) is 0 Å². The summed E-state index contributed by atoms with van der Waals surface area (Å²) >= 11 is 0. The van der Waals surface area contributed by atoms with Gasteiger partial charge in [0.25, 0.3) is 0 Å². The topological polar surface area (TPSA) is 47.3 Å². The van der Waals surface area contributed by atoms with E-state index in [0.717, 1.165) is 45.3 Å². The molecule has 1 aliphatic heterocycles. The van der Waals surface area contributed by atoms with Gasteiger partial charge in [-0.05, 0) is 45.7 Å². The van der Waals surface area contributed by atoms with E-state index >= 15 is 0 Å². The summed E-state index contributed by atoms with van der Waals surface area (Å²) in [6.45, 7) is 4.80. The molecule has 0 atom stereocenters. The minimum atomic E-state index is -0.446. The first kappa shape index (κ1) is 12.9. The van der Waals surface area contributed by atoms with Crippen molar-refractivity contribution >= 4 is 0 Å². The van der Waals surface area contributed by atoms with Crippen molar-refractivity contribution in [2.45, 2.75) is 57.5 Å². The van der Waals surface area contributed by atoms with Crippen molar-refractivity contribution in [2.24, 2.45) is 5.41 Å². The van der Waals surface area contributed by atoms with Crippen molar-refractivity contribution in [1.82, 2.24) is 4.90 Å². The highest BCUT2D eigenvalue weighted by Gasteiger charge is 2.35. The fourth-order valence-electron chi connectivity index (χ4n) is 3.10. The zero-order valence-corrected chi connectivity index (χ0v) is 10.9. The van der Waals surface area contributed by atoms with Gasteiger partial charge in [0, 0.05) is 6.54 Å². The van der Waals surface area contributed by atoms with Gasteiger partial charge in [0.15, 0.2) is 0 Å². The Hall–Kier alpha value is -0.590. The number of nitrogens with zero attached hydrogens (tertiary/aromatic N) is 2. The van der Waals surface area contributed by atoms with Gasteiger partial charge in [0.05, 0.1) is 17.1 Å². The highest BCUT2D eigenvalue weighted by Crippen LogP contribution is 2.33. The number of aliphatic hydroxyl groups is 1. The third kappa shape index (κ3) is 3.20. The Kier molecular flexibility index (Phi) is 3.75. The van der Waals surface area contributed by atoms with Crippen LogP contribution in [0.5, 0.6) is 0 Å². The van der Waals surface area contributed by atoms with Gasteiger partial charge in [-0.15, -0.1) is 0 Å². The van der Waals surface area contributed by atoms with E-state index in [1.54, 1.807) is 0 Å². The number of hydrogen-bond donors (Lipinski definition) is 1. The van der Waals surface area contributed by atoms with Crippen molar-refractivity contribution in [3.05, 3.63) is 0 Å². The van der Waals surface area contributed by atoms with Crippen molar-refractivity contribution in [3.63, 3.8) is 0 Å². The first-order chi connectivity index (χ1) is 8.05. The van der Waals surface area contributed by atoms with Crippen LogP contribution in [0.25, 0.3) is 0 Å². The molecule has 0 spiro atoms. The van der Waals surface area contributed by atoms with Crippen LogP contribution in [0.2, 0.25) is 0 Å². The fraction of sp³-hybridized carbons (Fsp3) is 0.929. The summed E-state index contributed by atoms with van der Waals surface area (Å²) in [6, 6.07) is 2.42. The van der Waals surface area contributed by atoms with Crippen LogP contribution in [0.3, 0.4) is 0 Å². The largest absolute Gasteiger partial charge is 0.389 e. The molecule has 2 fully saturated rings. The van der Waals surface area contributed by atoms with Crippen molar-refractivity contribution in [3.8, 4) is 6.07 Å². The molecule has 1 saturated heterocycles. The van der Waals surface area contributed by atoms with E-state index in [2.05, 4.69) is 17.9 Å². The molecule has 1 aliphatic carbocycles. The van der Waals surface area contributed by atoms with Gasteiger partial charge in [0.1, 0.15) is 0 Å². The second-order valence-electron chi connectivity index (χ2n) is 6.23. The third-order valence-electron chi connectivity index (χ3n) is 4.53. The van der Waals surface area contributed by atoms with Gasteiger partial charge in [-0.3, -0.25) is 0 Å². The molecule has 2 rings (SSSR count). The minimum Gasteiger partial charge on any atom is -0.389 e. The molecule has 0 aromatic rings. The maximum absolute atomic E-state index is 10.5. The number of nitriles is 1. The Morgan fingerprint density at radius 1 is 1.12 bits per heavy atom. The second kappa shape index (κ2) is 4.96. The molecule has 3 nitrogen and oxygen atoms in total. The number of rotatable bonds is 2. The van der Waals surface area contributed by atoms with E-state index in [1.807, 2.05) is 0 Å². The Bertz CT molecular complexity index is 294. The quantitative estimate of drug-likeness (QED) is 0.800. The number of likely N-dealkylation sites (tertiary alicyclic amines) is 1. The average Bonchev–Trinajstić information content (AvgIpc) is 2.33. The molecule has 1 saturated carbocycles. The van der Waals surface area contributed by atoms with E-state index in [-0.39, 0.29) is 5.41 Å². The molecule has 1 heterocycles. The van der Waals surface area contributed by atoms with E-state index in [1.165, 1.54) is 19.3 Å².